The van der Waals surface area contributed by atoms with Crippen molar-refractivity contribution < 1.29 is 14.2 Å². The molecule has 1 aliphatic heterocycles. The van der Waals surface area contributed by atoms with Crippen LogP contribution in [0.15, 0.2) is 72.8 Å². The maximum atomic E-state index is 6.48. The van der Waals surface area contributed by atoms with Gasteiger partial charge in [0.15, 0.2) is 0 Å². The Balaban J connectivity index is 1.93. The fourth-order valence-corrected chi connectivity index (χ4v) is 3.97. The normalized spacial score (nSPS) is 14.7. The van der Waals surface area contributed by atoms with Crippen LogP contribution in [0.5, 0.6) is 17.2 Å². The molecule has 3 aromatic carbocycles. The highest BCUT2D eigenvalue weighted by Gasteiger charge is 2.36. The second-order valence-electron chi connectivity index (χ2n) is 7.75. The van der Waals surface area contributed by atoms with Crippen LogP contribution in [-0.4, -0.2) is 25.9 Å². The maximum Gasteiger partial charge on any atom is 0.132 e. The van der Waals surface area contributed by atoms with Gasteiger partial charge in [-0.25, -0.2) is 0 Å². The number of fused-ring (bicyclic) bond motifs is 1. The molecule has 0 amide bonds. The van der Waals surface area contributed by atoms with Gasteiger partial charge >= 0.3 is 0 Å². The number of rotatable bonds is 6. The summed E-state index contributed by atoms with van der Waals surface area (Å²) in [5.41, 5.74) is 10.6. The summed E-state index contributed by atoms with van der Waals surface area (Å²) >= 11 is 0. The van der Waals surface area contributed by atoms with Gasteiger partial charge < -0.3 is 19.9 Å². The predicted octanol–water partition coefficient (Wildman–Crippen LogP) is 5.16. The largest absolute Gasteiger partial charge is 0.497 e. The first-order valence-electron chi connectivity index (χ1n) is 10.1. The monoisotopic (exact) mass is 401 g/mol. The van der Waals surface area contributed by atoms with E-state index in [1.807, 2.05) is 30.3 Å². The van der Waals surface area contributed by atoms with Gasteiger partial charge in [0.1, 0.15) is 29.5 Å². The Morgan fingerprint density at radius 1 is 0.867 bits per heavy atom. The molecule has 0 bridgehead atoms. The lowest BCUT2D eigenvalue weighted by molar-refractivity contribution is 0.168. The Hall–Kier alpha value is -3.24. The van der Waals surface area contributed by atoms with E-state index in [4.69, 9.17) is 19.9 Å². The highest BCUT2D eigenvalue weighted by atomic mass is 16.5. The van der Waals surface area contributed by atoms with Crippen molar-refractivity contribution in [1.82, 2.24) is 0 Å². The Morgan fingerprint density at radius 3 is 2.23 bits per heavy atom. The molecule has 3 aromatic rings. The molecule has 4 nitrogen and oxygen atoms in total. The summed E-state index contributed by atoms with van der Waals surface area (Å²) in [6.07, 6.45) is 0. The van der Waals surface area contributed by atoms with Crippen molar-refractivity contribution in [2.45, 2.75) is 19.4 Å². The fraction of sp³-hybridized carbons (Fsp3) is 0.231. The summed E-state index contributed by atoms with van der Waals surface area (Å²) in [6, 6.07) is 24.6. The Bertz CT molecular complexity index is 1050. The molecule has 30 heavy (non-hydrogen) atoms. The first-order valence-corrected chi connectivity index (χ1v) is 10.1. The molecule has 0 radical (unpaired) electrons. The molecule has 0 unspecified atom stereocenters. The molecule has 0 saturated heterocycles. The first-order chi connectivity index (χ1) is 14.5. The third-order valence-corrected chi connectivity index (χ3v) is 5.27. The molecular formula is C26H27NO3. The predicted molar refractivity (Wildman–Crippen MR) is 121 cm³/mol. The zero-order valence-electron chi connectivity index (χ0n) is 17.6. The zero-order valence-corrected chi connectivity index (χ0v) is 17.6. The Labute approximate surface area is 177 Å². The highest BCUT2D eigenvalue weighted by Crippen LogP contribution is 2.48. The van der Waals surface area contributed by atoms with Gasteiger partial charge in [-0.2, -0.15) is 0 Å². The van der Waals surface area contributed by atoms with Crippen molar-refractivity contribution in [3.8, 4) is 17.2 Å². The van der Waals surface area contributed by atoms with Crippen molar-refractivity contribution in [2.24, 2.45) is 5.73 Å². The molecule has 0 fully saturated rings. The van der Waals surface area contributed by atoms with Gasteiger partial charge in [0, 0.05) is 29.3 Å². The Morgan fingerprint density at radius 2 is 1.57 bits per heavy atom. The lowest BCUT2D eigenvalue weighted by atomic mass is 9.79. The average Bonchev–Trinajstić information content (AvgIpc) is 2.76. The van der Waals surface area contributed by atoms with Crippen LogP contribution in [0.1, 0.15) is 30.5 Å². The van der Waals surface area contributed by atoms with Gasteiger partial charge in [-0.3, -0.25) is 0 Å². The molecule has 0 spiro atoms. The van der Waals surface area contributed by atoms with Crippen LogP contribution < -0.4 is 19.9 Å². The first kappa shape index (κ1) is 20.0. The maximum absolute atomic E-state index is 6.48. The van der Waals surface area contributed by atoms with Gasteiger partial charge in [0.2, 0.25) is 0 Å². The van der Waals surface area contributed by atoms with E-state index in [9.17, 15) is 0 Å². The van der Waals surface area contributed by atoms with Crippen LogP contribution in [0.2, 0.25) is 0 Å². The van der Waals surface area contributed by atoms with Crippen molar-refractivity contribution in [3.63, 3.8) is 0 Å². The summed E-state index contributed by atoms with van der Waals surface area (Å²) in [4.78, 5) is 0. The minimum Gasteiger partial charge on any atom is -0.497 e. The van der Waals surface area contributed by atoms with Crippen LogP contribution >= 0.6 is 0 Å². The lowest BCUT2D eigenvalue weighted by Gasteiger charge is -2.38. The SMILES string of the molecule is COc1ccc2c(c1)OC(C)(C)C(c1ccccc1)=C2c1ccc(OCCN)cc1. The standard InChI is InChI=1S/C26H27NO3/c1-26(2)25(19-7-5-4-6-8-19)24(18-9-11-20(12-10-18)29-16-15-27)22-14-13-21(28-3)17-23(22)30-26/h4-14,17H,15-16,27H2,1-3H3. The quantitative estimate of drug-likeness (QED) is 0.620. The van der Waals surface area contributed by atoms with E-state index in [0.29, 0.717) is 13.2 Å². The topological polar surface area (TPSA) is 53.7 Å². The van der Waals surface area contributed by atoms with Crippen molar-refractivity contribution in [2.75, 3.05) is 20.3 Å². The molecule has 0 aromatic heterocycles. The van der Waals surface area contributed by atoms with E-state index < -0.39 is 5.60 Å². The molecule has 1 heterocycles. The van der Waals surface area contributed by atoms with Gasteiger partial charge in [0.25, 0.3) is 0 Å². The third-order valence-electron chi connectivity index (χ3n) is 5.27. The molecule has 2 N–H and O–H groups in total. The van der Waals surface area contributed by atoms with E-state index in [-0.39, 0.29) is 0 Å². The fourth-order valence-electron chi connectivity index (χ4n) is 3.97. The van der Waals surface area contributed by atoms with Crippen LogP contribution in [0.4, 0.5) is 0 Å². The van der Waals surface area contributed by atoms with Crippen LogP contribution in [-0.2, 0) is 0 Å². The number of nitrogens with two attached hydrogens (primary N) is 1. The molecule has 4 rings (SSSR count). The second kappa shape index (κ2) is 8.25. The minimum absolute atomic E-state index is 0.492. The summed E-state index contributed by atoms with van der Waals surface area (Å²) < 4.78 is 17.6. The molecule has 4 heteroatoms. The van der Waals surface area contributed by atoms with Crippen molar-refractivity contribution in [1.29, 1.82) is 0 Å². The third kappa shape index (κ3) is 3.79. The Kier molecular flexibility index (Phi) is 5.51. The number of methoxy groups -OCH3 is 1. The van der Waals surface area contributed by atoms with Gasteiger partial charge in [-0.05, 0) is 49.2 Å². The van der Waals surface area contributed by atoms with Crippen molar-refractivity contribution in [3.05, 3.63) is 89.5 Å². The van der Waals surface area contributed by atoms with Crippen LogP contribution in [0.25, 0.3) is 11.1 Å². The summed E-state index contributed by atoms with van der Waals surface area (Å²) in [5.74, 6) is 2.41. The molecule has 0 atom stereocenters. The summed E-state index contributed by atoms with van der Waals surface area (Å²) in [5, 5.41) is 0. The molecule has 0 aliphatic carbocycles. The van der Waals surface area contributed by atoms with E-state index in [1.165, 1.54) is 0 Å². The molecule has 154 valence electrons. The smallest absolute Gasteiger partial charge is 0.132 e. The average molecular weight is 402 g/mol. The van der Waals surface area contributed by atoms with Crippen LogP contribution in [0, 0.1) is 0 Å². The van der Waals surface area contributed by atoms with Gasteiger partial charge in [-0.1, -0.05) is 42.5 Å². The zero-order chi connectivity index (χ0) is 21.1. The number of hydrogen-bond donors (Lipinski definition) is 1. The van der Waals surface area contributed by atoms with E-state index in [1.54, 1.807) is 7.11 Å². The number of ether oxygens (including phenoxy) is 3. The highest BCUT2D eigenvalue weighted by molar-refractivity contribution is 6.04. The second-order valence-corrected chi connectivity index (χ2v) is 7.75. The van der Waals surface area contributed by atoms with Gasteiger partial charge in [-0.15, -0.1) is 0 Å². The number of hydrogen-bond acceptors (Lipinski definition) is 4. The summed E-state index contributed by atoms with van der Waals surface area (Å²) in [6.45, 7) is 5.21. The summed E-state index contributed by atoms with van der Waals surface area (Å²) in [7, 11) is 1.67. The van der Waals surface area contributed by atoms with Crippen molar-refractivity contribution >= 4 is 11.1 Å². The lowest BCUT2D eigenvalue weighted by Crippen LogP contribution is -2.34. The van der Waals surface area contributed by atoms with E-state index in [2.05, 4.69) is 56.3 Å². The number of benzene rings is 3. The van der Waals surface area contributed by atoms with E-state index in [0.717, 1.165) is 45.1 Å². The molecule has 1 aliphatic rings. The molecule has 0 saturated carbocycles. The molecular weight excluding hydrogens is 374 g/mol. The van der Waals surface area contributed by atoms with Gasteiger partial charge in [0.05, 0.1) is 7.11 Å². The van der Waals surface area contributed by atoms with Crippen LogP contribution in [0.3, 0.4) is 0 Å². The van der Waals surface area contributed by atoms with E-state index >= 15 is 0 Å². The minimum atomic E-state index is -0.523.